The summed E-state index contributed by atoms with van der Waals surface area (Å²) in [4.78, 5) is 2.50. The average Bonchev–Trinajstić information content (AvgIpc) is 3.00. The molecule has 1 aromatic carbocycles. The van der Waals surface area contributed by atoms with Crippen molar-refractivity contribution in [2.45, 2.75) is 25.8 Å². The fourth-order valence-corrected chi connectivity index (χ4v) is 3.16. The summed E-state index contributed by atoms with van der Waals surface area (Å²) in [5.74, 6) is 0. The van der Waals surface area contributed by atoms with Crippen molar-refractivity contribution in [1.29, 1.82) is 0 Å². The highest BCUT2D eigenvalue weighted by molar-refractivity contribution is 7.08. The Bertz CT molecular complexity index is 484. The van der Waals surface area contributed by atoms with Crippen molar-refractivity contribution in [3.8, 4) is 0 Å². The standard InChI is InChI=1S/C16H20N2S/c1-2-9-18(10-3-1)16-6-4-14(5-7-16)12-17-15-8-11-19-13-15/h4-8,11,13,17H,1-3,9-10,12H2. The lowest BCUT2D eigenvalue weighted by Gasteiger charge is -2.28. The predicted octanol–water partition coefficient (Wildman–Crippen LogP) is 4.35. The zero-order chi connectivity index (χ0) is 12.9. The molecule has 1 aliphatic heterocycles. The zero-order valence-electron chi connectivity index (χ0n) is 11.1. The Labute approximate surface area is 119 Å². The minimum Gasteiger partial charge on any atom is -0.380 e. The van der Waals surface area contributed by atoms with E-state index in [2.05, 4.69) is 51.3 Å². The van der Waals surface area contributed by atoms with E-state index in [9.17, 15) is 0 Å². The third-order valence-corrected chi connectivity index (χ3v) is 4.36. The second-order valence-corrected chi connectivity index (χ2v) is 5.86. The molecular weight excluding hydrogens is 252 g/mol. The smallest absolute Gasteiger partial charge is 0.0451 e. The van der Waals surface area contributed by atoms with Gasteiger partial charge in [0.05, 0.1) is 0 Å². The molecule has 2 nitrogen and oxygen atoms in total. The number of benzene rings is 1. The first-order valence-electron chi connectivity index (χ1n) is 7.02. The Morgan fingerprint density at radius 3 is 2.47 bits per heavy atom. The Kier molecular flexibility index (Phi) is 4.04. The molecule has 100 valence electrons. The lowest BCUT2D eigenvalue weighted by atomic mass is 10.1. The molecular formula is C16H20N2S. The summed E-state index contributed by atoms with van der Waals surface area (Å²) in [6, 6.07) is 11.1. The molecule has 3 rings (SSSR count). The monoisotopic (exact) mass is 272 g/mol. The molecule has 0 amide bonds. The maximum atomic E-state index is 3.44. The SMILES string of the molecule is c1cc(NCc2ccc(N3CCCCC3)cc2)cs1. The van der Waals surface area contributed by atoms with Gasteiger partial charge >= 0.3 is 0 Å². The highest BCUT2D eigenvalue weighted by Gasteiger charge is 2.10. The second-order valence-electron chi connectivity index (χ2n) is 5.08. The lowest BCUT2D eigenvalue weighted by molar-refractivity contribution is 0.578. The van der Waals surface area contributed by atoms with E-state index in [-0.39, 0.29) is 0 Å². The minimum atomic E-state index is 0.900. The van der Waals surface area contributed by atoms with E-state index in [1.54, 1.807) is 11.3 Å². The van der Waals surface area contributed by atoms with Gasteiger partial charge in [0.25, 0.3) is 0 Å². The molecule has 19 heavy (non-hydrogen) atoms. The first-order valence-corrected chi connectivity index (χ1v) is 7.96. The van der Waals surface area contributed by atoms with Gasteiger partial charge in [0.1, 0.15) is 0 Å². The molecule has 0 aliphatic carbocycles. The highest BCUT2D eigenvalue weighted by atomic mass is 32.1. The molecule has 1 saturated heterocycles. The summed E-state index contributed by atoms with van der Waals surface area (Å²) in [6.45, 7) is 3.33. The molecule has 0 radical (unpaired) electrons. The summed E-state index contributed by atoms with van der Waals surface area (Å²) in [5, 5.41) is 7.68. The maximum Gasteiger partial charge on any atom is 0.0451 e. The minimum absolute atomic E-state index is 0.900. The van der Waals surface area contributed by atoms with Crippen molar-refractivity contribution in [3.05, 3.63) is 46.7 Å². The van der Waals surface area contributed by atoms with Crippen LogP contribution in [0, 0.1) is 0 Å². The summed E-state index contributed by atoms with van der Waals surface area (Å²) in [5.41, 5.74) is 3.93. The normalized spacial score (nSPS) is 15.5. The number of hydrogen-bond acceptors (Lipinski definition) is 3. The van der Waals surface area contributed by atoms with Crippen LogP contribution in [-0.4, -0.2) is 13.1 Å². The molecule has 0 saturated carbocycles. The average molecular weight is 272 g/mol. The van der Waals surface area contributed by atoms with Crippen molar-refractivity contribution in [3.63, 3.8) is 0 Å². The molecule has 1 aromatic heterocycles. The highest BCUT2D eigenvalue weighted by Crippen LogP contribution is 2.20. The third kappa shape index (κ3) is 3.29. The maximum absolute atomic E-state index is 3.44. The van der Waals surface area contributed by atoms with Crippen LogP contribution in [0.15, 0.2) is 41.1 Å². The molecule has 0 unspecified atom stereocenters. The van der Waals surface area contributed by atoms with Gasteiger partial charge in [0.15, 0.2) is 0 Å². The Morgan fingerprint density at radius 2 is 1.79 bits per heavy atom. The Hall–Kier alpha value is -1.48. The van der Waals surface area contributed by atoms with Crippen LogP contribution in [0.1, 0.15) is 24.8 Å². The number of thiophene rings is 1. The number of nitrogens with one attached hydrogen (secondary N) is 1. The first-order chi connectivity index (χ1) is 9.42. The van der Waals surface area contributed by atoms with Gasteiger partial charge in [-0.3, -0.25) is 0 Å². The summed E-state index contributed by atoms with van der Waals surface area (Å²) in [6.07, 6.45) is 4.06. The molecule has 0 bridgehead atoms. The quantitative estimate of drug-likeness (QED) is 0.890. The van der Waals surface area contributed by atoms with Gasteiger partial charge in [0, 0.05) is 36.4 Å². The van der Waals surface area contributed by atoms with E-state index in [1.165, 1.54) is 49.3 Å². The summed E-state index contributed by atoms with van der Waals surface area (Å²) >= 11 is 1.73. The van der Waals surface area contributed by atoms with E-state index >= 15 is 0 Å². The fraction of sp³-hybridized carbons (Fsp3) is 0.375. The van der Waals surface area contributed by atoms with Crippen LogP contribution in [0.5, 0.6) is 0 Å². The van der Waals surface area contributed by atoms with Gasteiger partial charge < -0.3 is 10.2 Å². The van der Waals surface area contributed by atoms with Gasteiger partial charge in [0.2, 0.25) is 0 Å². The molecule has 0 spiro atoms. The van der Waals surface area contributed by atoms with E-state index in [4.69, 9.17) is 0 Å². The van der Waals surface area contributed by atoms with Crippen LogP contribution in [0.2, 0.25) is 0 Å². The summed E-state index contributed by atoms with van der Waals surface area (Å²) in [7, 11) is 0. The largest absolute Gasteiger partial charge is 0.380 e. The number of piperidine rings is 1. The zero-order valence-corrected chi connectivity index (χ0v) is 12.0. The van der Waals surface area contributed by atoms with Crippen LogP contribution in [0.3, 0.4) is 0 Å². The van der Waals surface area contributed by atoms with Gasteiger partial charge in [-0.1, -0.05) is 12.1 Å². The van der Waals surface area contributed by atoms with Gasteiger partial charge in [-0.15, -0.1) is 0 Å². The van der Waals surface area contributed by atoms with Gasteiger partial charge in [-0.2, -0.15) is 11.3 Å². The predicted molar refractivity (Wildman–Crippen MR) is 84.2 cm³/mol. The van der Waals surface area contributed by atoms with Crippen molar-refractivity contribution in [2.24, 2.45) is 0 Å². The third-order valence-electron chi connectivity index (χ3n) is 3.68. The van der Waals surface area contributed by atoms with Crippen molar-refractivity contribution in [1.82, 2.24) is 0 Å². The second kappa shape index (κ2) is 6.11. The van der Waals surface area contributed by atoms with Crippen molar-refractivity contribution in [2.75, 3.05) is 23.3 Å². The Balaban J connectivity index is 1.58. The molecule has 1 N–H and O–H groups in total. The molecule has 1 aliphatic rings. The van der Waals surface area contributed by atoms with E-state index in [1.807, 2.05) is 0 Å². The number of anilines is 2. The molecule has 3 heteroatoms. The van der Waals surface area contributed by atoms with Crippen LogP contribution < -0.4 is 10.2 Å². The topological polar surface area (TPSA) is 15.3 Å². The van der Waals surface area contributed by atoms with Gasteiger partial charge in [-0.05, 0) is 48.4 Å². The van der Waals surface area contributed by atoms with E-state index < -0.39 is 0 Å². The van der Waals surface area contributed by atoms with Crippen molar-refractivity contribution >= 4 is 22.7 Å². The number of rotatable bonds is 4. The summed E-state index contributed by atoms with van der Waals surface area (Å²) < 4.78 is 0. The van der Waals surface area contributed by atoms with Crippen LogP contribution >= 0.6 is 11.3 Å². The van der Waals surface area contributed by atoms with Gasteiger partial charge in [-0.25, -0.2) is 0 Å². The van der Waals surface area contributed by atoms with Crippen LogP contribution in [-0.2, 0) is 6.54 Å². The molecule has 2 heterocycles. The van der Waals surface area contributed by atoms with E-state index in [0.717, 1.165) is 6.54 Å². The number of nitrogens with zero attached hydrogens (tertiary/aromatic N) is 1. The number of hydrogen-bond donors (Lipinski definition) is 1. The molecule has 1 fully saturated rings. The Morgan fingerprint density at radius 1 is 1.00 bits per heavy atom. The fourth-order valence-electron chi connectivity index (χ4n) is 2.55. The van der Waals surface area contributed by atoms with Crippen LogP contribution in [0.25, 0.3) is 0 Å². The van der Waals surface area contributed by atoms with E-state index in [0.29, 0.717) is 0 Å². The van der Waals surface area contributed by atoms with Crippen LogP contribution in [0.4, 0.5) is 11.4 Å². The lowest BCUT2D eigenvalue weighted by Crippen LogP contribution is -2.29. The molecule has 0 atom stereocenters. The van der Waals surface area contributed by atoms with Crippen molar-refractivity contribution < 1.29 is 0 Å². The first kappa shape index (κ1) is 12.5. The molecule has 2 aromatic rings.